The number of aryl methyl sites for hydroxylation is 1. The average molecular weight is 325 g/mol. The van der Waals surface area contributed by atoms with Gasteiger partial charge in [0.05, 0.1) is 5.41 Å². The molecular formula is C16H21BrO2. The van der Waals surface area contributed by atoms with Gasteiger partial charge in [0.1, 0.15) is 5.60 Å². The zero-order valence-electron chi connectivity index (χ0n) is 12.0. The van der Waals surface area contributed by atoms with Crippen LogP contribution in [0, 0.1) is 12.3 Å². The largest absolute Gasteiger partial charge is 0.460 e. The Balaban J connectivity index is 2.09. The molecule has 2 rings (SSSR count). The van der Waals surface area contributed by atoms with Gasteiger partial charge in [0.25, 0.3) is 0 Å². The van der Waals surface area contributed by atoms with Crippen LogP contribution in [0.2, 0.25) is 0 Å². The van der Waals surface area contributed by atoms with E-state index in [0.29, 0.717) is 0 Å². The Bertz CT molecular complexity index is 496. The van der Waals surface area contributed by atoms with Crippen LogP contribution < -0.4 is 0 Å². The topological polar surface area (TPSA) is 26.3 Å². The highest BCUT2D eigenvalue weighted by Gasteiger charge is 2.52. The molecule has 2 nitrogen and oxygen atoms in total. The molecule has 0 radical (unpaired) electrons. The van der Waals surface area contributed by atoms with Gasteiger partial charge in [-0.15, -0.1) is 0 Å². The van der Waals surface area contributed by atoms with E-state index in [9.17, 15) is 4.79 Å². The Hall–Kier alpha value is -0.830. The molecule has 3 heteroatoms. The number of hydrogen-bond donors (Lipinski definition) is 0. The first-order valence-corrected chi connectivity index (χ1v) is 7.50. The van der Waals surface area contributed by atoms with Crippen molar-refractivity contribution >= 4 is 21.9 Å². The Morgan fingerprint density at radius 1 is 1.37 bits per heavy atom. The van der Waals surface area contributed by atoms with E-state index in [0.717, 1.165) is 23.7 Å². The first-order valence-electron chi connectivity index (χ1n) is 6.70. The molecule has 0 aromatic heterocycles. The molecular weight excluding hydrogens is 304 g/mol. The molecule has 1 aromatic carbocycles. The summed E-state index contributed by atoms with van der Waals surface area (Å²) in [5.74, 6) is -0.0447. The number of carbonyl (C=O) groups is 1. The van der Waals surface area contributed by atoms with Crippen LogP contribution in [-0.4, -0.2) is 11.6 Å². The lowest BCUT2D eigenvalue weighted by Crippen LogP contribution is -2.30. The number of ether oxygens (including phenoxy) is 1. The minimum absolute atomic E-state index is 0.0447. The second-order valence-electron chi connectivity index (χ2n) is 6.54. The van der Waals surface area contributed by atoms with Crippen LogP contribution in [0.4, 0.5) is 0 Å². The zero-order valence-corrected chi connectivity index (χ0v) is 13.6. The van der Waals surface area contributed by atoms with Gasteiger partial charge in [-0.2, -0.15) is 0 Å². The van der Waals surface area contributed by atoms with Gasteiger partial charge < -0.3 is 4.74 Å². The number of carbonyl (C=O) groups excluding carboxylic acids is 1. The molecule has 0 amide bonds. The van der Waals surface area contributed by atoms with Crippen molar-refractivity contribution in [3.8, 4) is 0 Å². The predicted octanol–water partition coefficient (Wildman–Crippen LogP) is 4.42. The van der Waals surface area contributed by atoms with Crippen molar-refractivity contribution in [2.45, 2.75) is 52.6 Å². The normalized spacial score (nSPS) is 17.1. The minimum atomic E-state index is -0.402. The molecule has 1 saturated carbocycles. The van der Waals surface area contributed by atoms with Crippen LogP contribution in [0.25, 0.3) is 0 Å². The van der Waals surface area contributed by atoms with Crippen molar-refractivity contribution in [3.05, 3.63) is 33.8 Å². The fraction of sp³-hybridized carbons (Fsp3) is 0.562. The monoisotopic (exact) mass is 324 g/mol. The van der Waals surface area contributed by atoms with Crippen molar-refractivity contribution in [1.29, 1.82) is 0 Å². The number of benzene rings is 1. The van der Waals surface area contributed by atoms with Crippen LogP contribution in [0.3, 0.4) is 0 Å². The number of hydrogen-bond acceptors (Lipinski definition) is 2. The number of rotatable bonds is 3. The van der Waals surface area contributed by atoms with E-state index in [4.69, 9.17) is 4.74 Å². The van der Waals surface area contributed by atoms with Crippen LogP contribution in [0.1, 0.15) is 44.7 Å². The van der Waals surface area contributed by atoms with Crippen LogP contribution in [0.5, 0.6) is 0 Å². The summed E-state index contributed by atoms with van der Waals surface area (Å²) in [4.78, 5) is 12.3. The molecule has 0 atom stereocenters. The third-order valence-electron chi connectivity index (χ3n) is 3.46. The summed E-state index contributed by atoms with van der Waals surface area (Å²) in [5.41, 5.74) is 1.73. The second kappa shape index (κ2) is 4.93. The lowest BCUT2D eigenvalue weighted by atomic mass is 9.95. The molecule has 0 N–H and O–H groups in total. The van der Waals surface area contributed by atoms with Crippen LogP contribution >= 0.6 is 15.9 Å². The molecule has 1 aliphatic carbocycles. The number of esters is 1. The van der Waals surface area contributed by atoms with E-state index in [1.807, 2.05) is 20.8 Å². The summed E-state index contributed by atoms with van der Waals surface area (Å²) in [6, 6.07) is 6.30. The maximum atomic E-state index is 12.3. The summed E-state index contributed by atoms with van der Waals surface area (Å²) in [7, 11) is 0. The van der Waals surface area contributed by atoms with E-state index in [-0.39, 0.29) is 11.4 Å². The fourth-order valence-corrected chi connectivity index (χ4v) is 2.55. The van der Waals surface area contributed by atoms with Gasteiger partial charge in [-0.25, -0.2) is 0 Å². The van der Waals surface area contributed by atoms with Crippen molar-refractivity contribution in [2.24, 2.45) is 5.41 Å². The second-order valence-corrected chi connectivity index (χ2v) is 7.40. The summed E-state index contributed by atoms with van der Waals surface area (Å²) in [6.07, 6.45) is 2.65. The molecule has 0 aliphatic heterocycles. The van der Waals surface area contributed by atoms with Gasteiger partial charge in [-0.3, -0.25) is 4.79 Å². The molecule has 0 heterocycles. The first kappa shape index (κ1) is 14.6. The smallest absolute Gasteiger partial charge is 0.312 e. The van der Waals surface area contributed by atoms with Gasteiger partial charge in [-0.05, 0) is 64.2 Å². The fourth-order valence-electron chi connectivity index (χ4n) is 2.13. The van der Waals surface area contributed by atoms with E-state index < -0.39 is 5.60 Å². The highest BCUT2D eigenvalue weighted by molar-refractivity contribution is 9.10. The molecule has 104 valence electrons. The lowest BCUT2D eigenvalue weighted by molar-refractivity contribution is -0.161. The Kier molecular flexibility index (Phi) is 3.78. The SMILES string of the molecule is Cc1ccc(CC2(C(=O)OC(C)(C)C)CC2)cc1Br. The summed E-state index contributed by atoms with van der Waals surface area (Å²) >= 11 is 3.54. The highest BCUT2D eigenvalue weighted by Crippen LogP contribution is 2.50. The van der Waals surface area contributed by atoms with E-state index >= 15 is 0 Å². The average Bonchev–Trinajstić information content (AvgIpc) is 3.02. The third-order valence-corrected chi connectivity index (χ3v) is 4.32. The molecule has 0 spiro atoms. The summed E-state index contributed by atoms with van der Waals surface area (Å²) in [5, 5.41) is 0. The summed E-state index contributed by atoms with van der Waals surface area (Å²) in [6.45, 7) is 7.82. The van der Waals surface area contributed by atoms with Crippen molar-refractivity contribution < 1.29 is 9.53 Å². The Morgan fingerprint density at radius 2 is 2.00 bits per heavy atom. The maximum absolute atomic E-state index is 12.3. The van der Waals surface area contributed by atoms with Crippen molar-refractivity contribution in [1.82, 2.24) is 0 Å². The minimum Gasteiger partial charge on any atom is -0.460 e. The van der Waals surface area contributed by atoms with Gasteiger partial charge in [-0.1, -0.05) is 28.1 Å². The number of halogens is 1. The first-order chi connectivity index (χ1) is 8.72. The van der Waals surface area contributed by atoms with Gasteiger partial charge in [0.15, 0.2) is 0 Å². The van der Waals surface area contributed by atoms with Crippen molar-refractivity contribution in [3.63, 3.8) is 0 Å². The van der Waals surface area contributed by atoms with Crippen LogP contribution in [-0.2, 0) is 16.0 Å². The van der Waals surface area contributed by atoms with E-state index in [1.165, 1.54) is 11.1 Å². The zero-order chi connectivity index (χ0) is 14.3. The highest BCUT2D eigenvalue weighted by atomic mass is 79.9. The molecule has 19 heavy (non-hydrogen) atoms. The Morgan fingerprint density at radius 3 is 2.47 bits per heavy atom. The van der Waals surface area contributed by atoms with Gasteiger partial charge in [0, 0.05) is 4.47 Å². The van der Waals surface area contributed by atoms with E-state index in [1.54, 1.807) is 0 Å². The molecule has 0 unspecified atom stereocenters. The maximum Gasteiger partial charge on any atom is 0.312 e. The molecule has 1 aliphatic rings. The Labute approximate surface area is 123 Å². The lowest BCUT2D eigenvalue weighted by Gasteiger charge is -2.24. The van der Waals surface area contributed by atoms with E-state index in [2.05, 4.69) is 41.1 Å². The summed E-state index contributed by atoms with van der Waals surface area (Å²) < 4.78 is 6.64. The van der Waals surface area contributed by atoms with Gasteiger partial charge >= 0.3 is 5.97 Å². The quantitative estimate of drug-likeness (QED) is 0.769. The van der Waals surface area contributed by atoms with Gasteiger partial charge in [0.2, 0.25) is 0 Å². The standard InChI is InChI=1S/C16H21BrO2/c1-11-5-6-12(9-13(11)17)10-16(7-8-16)14(18)19-15(2,3)4/h5-6,9H,7-8,10H2,1-4H3. The molecule has 0 saturated heterocycles. The predicted molar refractivity (Wildman–Crippen MR) is 80.1 cm³/mol. The van der Waals surface area contributed by atoms with Crippen molar-refractivity contribution in [2.75, 3.05) is 0 Å². The third kappa shape index (κ3) is 3.59. The molecule has 1 fully saturated rings. The molecule has 1 aromatic rings. The molecule has 0 bridgehead atoms. The van der Waals surface area contributed by atoms with Crippen LogP contribution in [0.15, 0.2) is 22.7 Å².